The van der Waals surface area contributed by atoms with Crippen molar-refractivity contribution in [3.63, 3.8) is 0 Å². The molecule has 102 valence electrons. The minimum atomic E-state index is 0. The highest BCUT2D eigenvalue weighted by Crippen LogP contribution is 2.23. The van der Waals surface area contributed by atoms with Gasteiger partial charge in [0, 0.05) is 0 Å². The van der Waals surface area contributed by atoms with E-state index in [4.69, 9.17) is 9.47 Å². The van der Waals surface area contributed by atoms with E-state index in [0.29, 0.717) is 13.2 Å². The molecule has 0 saturated carbocycles. The first-order chi connectivity index (χ1) is 8.04. The Morgan fingerprint density at radius 3 is 2.22 bits per heavy atom. The van der Waals surface area contributed by atoms with Crippen LogP contribution in [0.15, 0.2) is 30.3 Å². The first-order valence-electron chi connectivity index (χ1n) is 6.13. The zero-order valence-corrected chi connectivity index (χ0v) is 13.5. The average Bonchev–Trinajstić information content (AvgIpc) is 2.29. The van der Waals surface area contributed by atoms with E-state index in [1.54, 1.807) is 0 Å². The number of benzene rings is 1. The highest BCUT2D eigenvalue weighted by Gasteiger charge is 2.27. The Bertz CT molecular complexity index is 343. The molecule has 1 saturated heterocycles. The summed E-state index contributed by atoms with van der Waals surface area (Å²) in [6.07, 6.45) is 0.315. The summed E-state index contributed by atoms with van der Waals surface area (Å²) in [7, 11) is 6.52. The van der Waals surface area contributed by atoms with Crippen LogP contribution in [0.2, 0.25) is 0 Å². The standard InChI is InChI=1S/C14H22NO2.HI/c1-15(2,3)9-13-10-17-14(11-16-13)12-7-5-4-6-8-12;/h4-8,13-14H,9-11H2,1-3H3;1H/q+1;/p-1/t13-,14+;/m1./s1. The maximum absolute atomic E-state index is 5.89. The molecule has 4 heteroatoms. The summed E-state index contributed by atoms with van der Waals surface area (Å²) < 4.78 is 12.7. The molecular weight excluding hydrogens is 341 g/mol. The van der Waals surface area contributed by atoms with Gasteiger partial charge < -0.3 is 37.9 Å². The summed E-state index contributed by atoms with van der Waals surface area (Å²) >= 11 is 0. The van der Waals surface area contributed by atoms with Crippen molar-refractivity contribution in [2.45, 2.75) is 12.2 Å². The van der Waals surface area contributed by atoms with Crippen molar-refractivity contribution in [2.75, 3.05) is 40.9 Å². The second kappa shape index (κ2) is 6.84. The van der Waals surface area contributed by atoms with Crippen LogP contribution in [0.4, 0.5) is 0 Å². The molecular formula is C14H22INO2. The summed E-state index contributed by atoms with van der Waals surface area (Å²) in [5, 5.41) is 0. The zero-order chi connectivity index (χ0) is 12.3. The van der Waals surface area contributed by atoms with Gasteiger partial charge in [0.25, 0.3) is 0 Å². The van der Waals surface area contributed by atoms with Crippen LogP contribution < -0.4 is 24.0 Å². The third-order valence-corrected chi connectivity index (χ3v) is 2.89. The van der Waals surface area contributed by atoms with E-state index in [2.05, 4.69) is 33.3 Å². The molecule has 18 heavy (non-hydrogen) atoms. The molecule has 0 amide bonds. The lowest BCUT2D eigenvalue weighted by Crippen LogP contribution is -3.00. The molecule has 0 N–H and O–H groups in total. The normalized spacial score (nSPS) is 24.4. The molecule has 0 spiro atoms. The fourth-order valence-electron chi connectivity index (χ4n) is 2.12. The Morgan fingerprint density at radius 2 is 1.72 bits per heavy atom. The Morgan fingerprint density at radius 1 is 1.06 bits per heavy atom. The molecule has 0 radical (unpaired) electrons. The fourth-order valence-corrected chi connectivity index (χ4v) is 2.12. The summed E-state index contributed by atoms with van der Waals surface area (Å²) in [4.78, 5) is 0. The molecule has 1 heterocycles. The number of rotatable bonds is 3. The van der Waals surface area contributed by atoms with Gasteiger partial charge in [-0.05, 0) is 5.56 Å². The lowest BCUT2D eigenvalue weighted by molar-refractivity contribution is -0.874. The van der Waals surface area contributed by atoms with E-state index < -0.39 is 0 Å². The smallest absolute Gasteiger partial charge is 0.130 e. The van der Waals surface area contributed by atoms with Gasteiger partial charge in [-0.15, -0.1) is 0 Å². The van der Waals surface area contributed by atoms with Gasteiger partial charge in [-0.2, -0.15) is 0 Å². The molecule has 1 aromatic carbocycles. The van der Waals surface area contributed by atoms with Crippen LogP contribution in [0.3, 0.4) is 0 Å². The third kappa shape index (κ3) is 4.84. The van der Waals surface area contributed by atoms with Gasteiger partial charge in [0.1, 0.15) is 18.8 Å². The Hall–Kier alpha value is -0.170. The minimum Gasteiger partial charge on any atom is -1.00 e. The minimum absolute atomic E-state index is 0. The van der Waals surface area contributed by atoms with Crippen molar-refractivity contribution >= 4 is 0 Å². The molecule has 1 fully saturated rings. The number of nitrogens with zero attached hydrogens (tertiary/aromatic N) is 1. The molecule has 2 rings (SSSR count). The number of quaternary nitrogens is 1. The molecule has 2 atom stereocenters. The predicted molar refractivity (Wildman–Crippen MR) is 67.8 cm³/mol. The molecule has 1 aliphatic rings. The topological polar surface area (TPSA) is 18.5 Å². The maximum Gasteiger partial charge on any atom is 0.130 e. The molecule has 3 nitrogen and oxygen atoms in total. The SMILES string of the molecule is C[N+](C)(C)C[C@@H]1CO[C@H](c2ccccc2)CO1.[I-]. The van der Waals surface area contributed by atoms with Crippen molar-refractivity contribution in [2.24, 2.45) is 0 Å². The number of halogens is 1. The van der Waals surface area contributed by atoms with Crippen LogP contribution in [0, 0.1) is 0 Å². The van der Waals surface area contributed by atoms with E-state index in [-0.39, 0.29) is 36.2 Å². The molecule has 0 bridgehead atoms. The van der Waals surface area contributed by atoms with Crippen LogP contribution in [-0.2, 0) is 9.47 Å². The molecule has 0 unspecified atom stereocenters. The van der Waals surface area contributed by atoms with Gasteiger partial charge in [-0.3, -0.25) is 0 Å². The van der Waals surface area contributed by atoms with Crippen LogP contribution in [0.1, 0.15) is 11.7 Å². The summed E-state index contributed by atoms with van der Waals surface area (Å²) in [6.45, 7) is 2.34. The summed E-state index contributed by atoms with van der Waals surface area (Å²) in [5.41, 5.74) is 1.20. The van der Waals surface area contributed by atoms with Crippen molar-refractivity contribution in [3.05, 3.63) is 35.9 Å². The zero-order valence-electron chi connectivity index (χ0n) is 11.3. The van der Waals surface area contributed by atoms with Crippen molar-refractivity contribution in [3.8, 4) is 0 Å². The van der Waals surface area contributed by atoms with E-state index >= 15 is 0 Å². The van der Waals surface area contributed by atoms with Gasteiger partial charge in [-0.25, -0.2) is 0 Å². The average molecular weight is 363 g/mol. The van der Waals surface area contributed by atoms with Gasteiger partial charge in [0.2, 0.25) is 0 Å². The Balaban J connectivity index is 0.00000162. The quantitative estimate of drug-likeness (QED) is 0.499. The van der Waals surface area contributed by atoms with Crippen LogP contribution in [0.5, 0.6) is 0 Å². The number of ether oxygens (including phenoxy) is 2. The molecule has 0 aromatic heterocycles. The maximum atomic E-state index is 5.89. The Labute approximate surface area is 127 Å². The van der Waals surface area contributed by atoms with E-state index in [9.17, 15) is 0 Å². The van der Waals surface area contributed by atoms with Gasteiger partial charge in [-0.1, -0.05) is 30.3 Å². The van der Waals surface area contributed by atoms with Gasteiger partial charge >= 0.3 is 0 Å². The van der Waals surface area contributed by atoms with Crippen LogP contribution in [-0.4, -0.2) is 51.5 Å². The third-order valence-electron chi connectivity index (χ3n) is 2.89. The second-order valence-corrected chi connectivity index (χ2v) is 5.66. The van der Waals surface area contributed by atoms with E-state index in [0.717, 1.165) is 11.0 Å². The van der Waals surface area contributed by atoms with Gasteiger partial charge in [0.15, 0.2) is 0 Å². The predicted octanol–water partition coefficient (Wildman–Crippen LogP) is -1.15. The van der Waals surface area contributed by atoms with Crippen molar-refractivity contribution in [1.82, 2.24) is 0 Å². The molecule has 0 aliphatic carbocycles. The van der Waals surface area contributed by atoms with Crippen molar-refractivity contribution in [1.29, 1.82) is 0 Å². The number of hydrogen-bond donors (Lipinski definition) is 0. The summed E-state index contributed by atoms with van der Waals surface area (Å²) in [5.74, 6) is 0. The van der Waals surface area contributed by atoms with Gasteiger partial charge in [0.05, 0.1) is 34.4 Å². The highest BCUT2D eigenvalue weighted by molar-refractivity contribution is 5.17. The molecule has 1 aliphatic heterocycles. The van der Waals surface area contributed by atoms with E-state index in [1.807, 2.05) is 18.2 Å². The van der Waals surface area contributed by atoms with Crippen LogP contribution in [0.25, 0.3) is 0 Å². The number of likely N-dealkylation sites (N-methyl/N-ethyl adjacent to an activating group) is 1. The van der Waals surface area contributed by atoms with Crippen molar-refractivity contribution < 1.29 is 37.9 Å². The van der Waals surface area contributed by atoms with Crippen LogP contribution >= 0.6 is 0 Å². The lowest BCUT2D eigenvalue weighted by Gasteiger charge is -2.34. The Kier molecular flexibility index (Phi) is 6.04. The molecule has 1 aromatic rings. The number of hydrogen-bond acceptors (Lipinski definition) is 2. The first kappa shape index (κ1) is 15.9. The first-order valence-corrected chi connectivity index (χ1v) is 6.13. The lowest BCUT2D eigenvalue weighted by atomic mass is 10.1. The fraction of sp³-hybridized carbons (Fsp3) is 0.571. The van der Waals surface area contributed by atoms with E-state index in [1.165, 1.54) is 5.56 Å². The largest absolute Gasteiger partial charge is 1.00 e. The second-order valence-electron chi connectivity index (χ2n) is 5.66. The summed E-state index contributed by atoms with van der Waals surface area (Å²) in [6, 6.07) is 10.3. The monoisotopic (exact) mass is 363 g/mol. The highest BCUT2D eigenvalue weighted by atomic mass is 127.